The van der Waals surface area contributed by atoms with Gasteiger partial charge in [0.1, 0.15) is 5.76 Å². The van der Waals surface area contributed by atoms with Crippen molar-refractivity contribution >= 4 is 10.2 Å². The van der Waals surface area contributed by atoms with Gasteiger partial charge in [-0.25, -0.2) is 0 Å². The standard InChI is InChI=1S/C12H21N3O4S/c1-9-5-12(13-19-9)8-14(4)20(16,17)15-6-10(2)18-11(3)7-15/h5,10-11H,6-8H2,1-4H3/t10-,11-/m0/s1. The molecule has 2 rings (SSSR count). The van der Waals surface area contributed by atoms with Crippen LogP contribution in [-0.2, 0) is 21.5 Å². The maximum Gasteiger partial charge on any atom is 0.282 e. The Bertz CT molecular complexity index is 547. The molecule has 2 heterocycles. The van der Waals surface area contributed by atoms with Gasteiger partial charge in [0.2, 0.25) is 0 Å². The van der Waals surface area contributed by atoms with Crippen LogP contribution in [0.15, 0.2) is 10.6 Å². The van der Waals surface area contributed by atoms with E-state index in [4.69, 9.17) is 9.26 Å². The normalized spacial score (nSPS) is 25.2. The lowest BCUT2D eigenvalue weighted by molar-refractivity contribution is -0.0453. The lowest BCUT2D eigenvalue weighted by atomic mass is 10.3. The second-order valence-electron chi connectivity index (χ2n) is 5.27. The highest BCUT2D eigenvalue weighted by molar-refractivity contribution is 7.86. The van der Waals surface area contributed by atoms with Gasteiger partial charge in [0, 0.05) is 26.2 Å². The van der Waals surface area contributed by atoms with Gasteiger partial charge in [0.25, 0.3) is 10.2 Å². The molecule has 1 aromatic heterocycles. The summed E-state index contributed by atoms with van der Waals surface area (Å²) < 4.78 is 38.3. The molecule has 0 N–H and O–H groups in total. The third-order valence-corrected chi connectivity index (χ3v) is 5.04. The highest BCUT2D eigenvalue weighted by Gasteiger charge is 2.33. The lowest BCUT2D eigenvalue weighted by Gasteiger charge is -2.36. The van der Waals surface area contributed by atoms with E-state index >= 15 is 0 Å². The van der Waals surface area contributed by atoms with E-state index < -0.39 is 10.2 Å². The van der Waals surface area contributed by atoms with E-state index in [0.717, 1.165) is 0 Å². The van der Waals surface area contributed by atoms with Crippen LogP contribution in [0, 0.1) is 6.92 Å². The fraction of sp³-hybridized carbons (Fsp3) is 0.750. The lowest BCUT2D eigenvalue weighted by Crippen LogP contribution is -2.52. The van der Waals surface area contributed by atoms with E-state index in [1.165, 1.54) is 8.61 Å². The zero-order valence-electron chi connectivity index (χ0n) is 12.2. The minimum absolute atomic E-state index is 0.101. The number of nitrogens with zero attached hydrogens (tertiary/aromatic N) is 3. The average molecular weight is 303 g/mol. The number of aryl methyl sites for hydroxylation is 1. The highest BCUT2D eigenvalue weighted by Crippen LogP contribution is 2.18. The largest absolute Gasteiger partial charge is 0.373 e. The zero-order chi connectivity index (χ0) is 14.9. The second kappa shape index (κ2) is 5.80. The Hall–Kier alpha value is -0.960. The number of hydrogen-bond donors (Lipinski definition) is 0. The van der Waals surface area contributed by atoms with Gasteiger partial charge in [0.15, 0.2) is 0 Å². The third-order valence-electron chi connectivity index (χ3n) is 3.17. The van der Waals surface area contributed by atoms with Crippen LogP contribution >= 0.6 is 0 Å². The maximum absolute atomic E-state index is 12.5. The van der Waals surface area contributed by atoms with E-state index in [2.05, 4.69) is 5.16 Å². The van der Waals surface area contributed by atoms with Gasteiger partial charge in [-0.3, -0.25) is 0 Å². The second-order valence-corrected chi connectivity index (χ2v) is 7.30. The van der Waals surface area contributed by atoms with Gasteiger partial charge in [-0.05, 0) is 20.8 Å². The summed E-state index contributed by atoms with van der Waals surface area (Å²) in [6.45, 7) is 6.46. The summed E-state index contributed by atoms with van der Waals surface area (Å²) in [5.41, 5.74) is 0.600. The molecule has 1 aliphatic rings. The predicted molar refractivity (Wildman–Crippen MR) is 73.2 cm³/mol. The SMILES string of the molecule is Cc1cc(CN(C)S(=O)(=O)N2C[C@H](C)O[C@@H](C)C2)no1. The Kier molecular flexibility index (Phi) is 4.48. The van der Waals surface area contributed by atoms with Crippen molar-refractivity contribution in [2.24, 2.45) is 0 Å². The Balaban J connectivity index is 2.08. The molecule has 0 radical (unpaired) electrons. The van der Waals surface area contributed by atoms with Gasteiger partial charge in [-0.2, -0.15) is 17.0 Å². The first-order valence-corrected chi connectivity index (χ1v) is 7.98. The average Bonchev–Trinajstić information content (AvgIpc) is 2.73. The van der Waals surface area contributed by atoms with E-state index in [9.17, 15) is 8.42 Å². The third kappa shape index (κ3) is 3.38. The van der Waals surface area contributed by atoms with Crippen LogP contribution in [0.3, 0.4) is 0 Å². The molecule has 0 aliphatic carbocycles. The molecule has 1 saturated heterocycles. The maximum atomic E-state index is 12.5. The van der Waals surface area contributed by atoms with Crippen molar-refractivity contribution in [3.63, 3.8) is 0 Å². The van der Waals surface area contributed by atoms with E-state index in [1.807, 2.05) is 13.8 Å². The molecule has 8 heteroatoms. The zero-order valence-corrected chi connectivity index (χ0v) is 13.1. The van der Waals surface area contributed by atoms with Crippen molar-refractivity contribution in [2.45, 2.75) is 39.5 Å². The summed E-state index contributed by atoms with van der Waals surface area (Å²) in [5.74, 6) is 0.666. The molecule has 114 valence electrons. The molecule has 0 unspecified atom stereocenters. The summed E-state index contributed by atoms with van der Waals surface area (Å²) in [6, 6.07) is 1.73. The van der Waals surface area contributed by atoms with E-state index in [-0.39, 0.29) is 18.8 Å². The summed E-state index contributed by atoms with van der Waals surface area (Å²) in [6.07, 6.45) is -0.201. The predicted octanol–water partition coefficient (Wildman–Crippen LogP) is 0.769. The Morgan fingerprint density at radius 3 is 2.50 bits per heavy atom. The first-order chi connectivity index (χ1) is 9.29. The van der Waals surface area contributed by atoms with Crippen LogP contribution in [0.5, 0.6) is 0 Å². The molecular formula is C12H21N3O4S. The van der Waals surface area contributed by atoms with Gasteiger partial charge >= 0.3 is 0 Å². The molecule has 1 fully saturated rings. The fourth-order valence-corrected chi connectivity index (χ4v) is 3.80. The molecule has 20 heavy (non-hydrogen) atoms. The topological polar surface area (TPSA) is 75.9 Å². The Morgan fingerprint density at radius 2 is 2.00 bits per heavy atom. The first-order valence-electron chi connectivity index (χ1n) is 6.58. The molecule has 2 atom stereocenters. The summed E-state index contributed by atoms with van der Waals surface area (Å²) in [4.78, 5) is 0. The first kappa shape index (κ1) is 15.4. The van der Waals surface area contributed by atoms with Crippen LogP contribution in [0.4, 0.5) is 0 Å². The van der Waals surface area contributed by atoms with Crippen molar-refractivity contribution in [1.29, 1.82) is 0 Å². The van der Waals surface area contributed by atoms with Gasteiger partial charge in [-0.1, -0.05) is 5.16 Å². The molecule has 0 spiro atoms. The molecule has 7 nitrogen and oxygen atoms in total. The van der Waals surface area contributed by atoms with Gasteiger partial charge in [-0.15, -0.1) is 0 Å². The van der Waals surface area contributed by atoms with Crippen LogP contribution in [0.25, 0.3) is 0 Å². The number of hydrogen-bond acceptors (Lipinski definition) is 5. The quantitative estimate of drug-likeness (QED) is 0.821. The summed E-state index contributed by atoms with van der Waals surface area (Å²) in [7, 11) is -1.97. The minimum Gasteiger partial charge on any atom is -0.373 e. The number of ether oxygens (including phenoxy) is 1. The van der Waals surface area contributed by atoms with Gasteiger partial charge < -0.3 is 9.26 Å². The Morgan fingerprint density at radius 1 is 1.40 bits per heavy atom. The summed E-state index contributed by atoms with van der Waals surface area (Å²) >= 11 is 0. The number of morpholine rings is 1. The van der Waals surface area contributed by atoms with E-state index in [0.29, 0.717) is 24.5 Å². The molecule has 0 aromatic carbocycles. The van der Waals surface area contributed by atoms with Crippen molar-refractivity contribution < 1.29 is 17.7 Å². The molecule has 1 aromatic rings. The summed E-state index contributed by atoms with van der Waals surface area (Å²) in [5, 5.41) is 3.82. The number of aromatic nitrogens is 1. The van der Waals surface area contributed by atoms with Crippen LogP contribution in [-0.4, -0.2) is 54.5 Å². The van der Waals surface area contributed by atoms with Crippen molar-refractivity contribution in [2.75, 3.05) is 20.1 Å². The Labute approximate surface area is 119 Å². The highest BCUT2D eigenvalue weighted by atomic mass is 32.2. The molecular weight excluding hydrogens is 282 g/mol. The van der Waals surface area contributed by atoms with Crippen molar-refractivity contribution in [3.05, 3.63) is 17.5 Å². The molecule has 0 amide bonds. The molecule has 0 saturated carbocycles. The van der Waals surface area contributed by atoms with E-state index in [1.54, 1.807) is 20.0 Å². The minimum atomic E-state index is -3.51. The fourth-order valence-electron chi connectivity index (χ4n) is 2.32. The monoisotopic (exact) mass is 303 g/mol. The molecule has 0 bridgehead atoms. The smallest absolute Gasteiger partial charge is 0.282 e. The van der Waals surface area contributed by atoms with Gasteiger partial charge in [0.05, 0.1) is 24.4 Å². The van der Waals surface area contributed by atoms with Crippen LogP contribution in [0.2, 0.25) is 0 Å². The molecule has 1 aliphatic heterocycles. The van der Waals surface area contributed by atoms with Crippen molar-refractivity contribution in [1.82, 2.24) is 13.8 Å². The van der Waals surface area contributed by atoms with Crippen LogP contribution in [0.1, 0.15) is 25.3 Å². The van der Waals surface area contributed by atoms with Crippen molar-refractivity contribution in [3.8, 4) is 0 Å². The number of rotatable bonds is 4. The van der Waals surface area contributed by atoms with Crippen LogP contribution < -0.4 is 0 Å².